The summed E-state index contributed by atoms with van der Waals surface area (Å²) in [4.78, 5) is 40.6. The molecule has 4 aromatic rings. The van der Waals surface area contributed by atoms with Crippen LogP contribution in [-0.4, -0.2) is 50.7 Å². The number of rotatable bonds is 14. The van der Waals surface area contributed by atoms with Gasteiger partial charge in [0, 0.05) is 22.4 Å². The molecule has 1 aliphatic heterocycles. The number of nitrogens with zero attached hydrogens (tertiary/aromatic N) is 4. The van der Waals surface area contributed by atoms with Crippen LogP contribution in [0.4, 0.5) is 13.2 Å². The molecule has 55 heavy (non-hydrogen) atoms. The van der Waals surface area contributed by atoms with E-state index in [1.54, 1.807) is 38.1 Å². The molecular formula is C36H32F3N4Na2O8PS. The third kappa shape index (κ3) is 13.0. The molecular weight excluding hydrogens is 782 g/mol. The Kier molecular flexibility index (Phi) is 18.1. The number of allylic oxidation sites excluding steroid dienone is 2. The number of aryl methyl sites for hydroxylation is 1. The molecule has 1 fully saturated rings. The van der Waals surface area contributed by atoms with E-state index in [1.165, 1.54) is 65.5 Å². The van der Waals surface area contributed by atoms with E-state index in [4.69, 9.17) is 19.5 Å². The summed E-state index contributed by atoms with van der Waals surface area (Å²) in [5.41, 5.74) is -1.12. The third-order valence-corrected chi connectivity index (χ3v) is 10.0. The van der Waals surface area contributed by atoms with Crippen molar-refractivity contribution < 1.29 is 110 Å². The van der Waals surface area contributed by atoms with E-state index in [0.29, 0.717) is 17.2 Å². The summed E-state index contributed by atoms with van der Waals surface area (Å²) in [5.74, 6) is -3.42. The predicted octanol–water partition coefficient (Wildman–Crippen LogP) is -0.886. The van der Waals surface area contributed by atoms with Gasteiger partial charge in [0.2, 0.25) is 0 Å². The molecule has 0 spiro atoms. The zero-order chi connectivity index (χ0) is 38.2. The number of carbonyl (C=O) groups is 1. The number of benzene rings is 3. The number of phosphoric ester groups is 1. The molecule has 2 atom stereocenters. The number of thioether (sulfide) groups is 1. The number of carbonyl (C=O) groups excluding carboxylic acids is 1. The molecule has 12 nitrogen and oxygen atoms in total. The van der Waals surface area contributed by atoms with E-state index in [1.807, 2.05) is 6.07 Å². The second-order valence-electron chi connectivity index (χ2n) is 11.9. The Morgan fingerprint density at radius 3 is 2.49 bits per heavy atom. The van der Waals surface area contributed by atoms with Gasteiger partial charge in [-0.2, -0.15) is 10.4 Å². The smallest absolute Gasteiger partial charge is 0.790 e. The Morgan fingerprint density at radius 1 is 1.11 bits per heavy atom. The quantitative estimate of drug-likeness (QED) is 0.0668. The maximum absolute atomic E-state index is 15.8. The molecule has 0 saturated carbocycles. The average Bonchev–Trinajstić information content (AvgIpc) is 3.63. The molecule has 2 heterocycles. The average molecular weight is 815 g/mol. The zero-order valence-corrected chi connectivity index (χ0v) is 36.0. The number of esters is 1. The molecule has 1 aromatic heterocycles. The van der Waals surface area contributed by atoms with Crippen LogP contribution in [0, 0.1) is 35.7 Å². The largest absolute Gasteiger partial charge is 1.00 e. The van der Waals surface area contributed by atoms with Crippen LogP contribution in [0.25, 0.3) is 6.08 Å². The number of hydrogen-bond donors (Lipinski definition) is 0. The summed E-state index contributed by atoms with van der Waals surface area (Å²) in [6.07, 6.45) is 8.19. The molecule has 19 heteroatoms. The summed E-state index contributed by atoms with van der Waals surface area (Å²) in [6, 6.07) is 13.3. The number of ether oxygens (including phenoxy) is 3. The van der Waals surface area contributed by atoms with Crippen LogP contribution in [0.5, 0.6) is 0 Å². The van der Waals surface area contributed by atoms with Crippen molar-refractivity contribution in [3.8, 4) is 6.07 Å². The molecule has 0 N–H and O–H groups in total. The molecule has 5 rings (SSSR count). The minimum absolute atomic E-state index is 0. The summed E-state index contributed by atoms with van der Waals surface area (Å²) in [7, 11) is -5.41. The number of hydrogen-bond acceptors (Lipinski definition) is 12. The van der Waals surface area contributed by atoms with E-state index in [0.717, 1.165) is 12.1 Å². The standard InChI is InChI=1S/C36H34F3N4O8PS.2Na/c1-23-7-9-27(17-50-52(45,46)47)30(13-23)35(44)51-36(20-43-22-41-21-42-43,31-12-11-28(37)15-33(31)39)24(2)53-29-18-48-34(49-19-29)6-4-3-5-26-10-8-25(16-40)14-32(26)38;;/h3-15,21-22,24,29,34H,17-20H2,1-2H3,(H2,45,46,47);;/q;2*+1/p-2/t24-,29?,34?,36-;;/m1../s1. The van der Waals surface area contributed by atoms with Crippen molar-refractivity contribution in [1.82, 2.24) is 14.8 Å². The van der Waals surface area contributed by atoms with Crippen LogP contribution in [0.2, 0.25) is 0 Å². The van der Waals surface area contributed by atoms with Gasteiger partial charge in [0.1, 0.15) is 30.1 Å². The van der Waals surface area contributed by atoms with Crippen molar-refractivity contribution in [2.45, 2.75) is 49.4 Å². The number of nitriles is 1. The first kappa shape index (κ1) is 46.8. The monoisotopic (exact) mass is 814 g/mol. The van der Waals surface area contributed by atoms with Gasteiger partial charge in [0.15, 0.2) is 11.9 Å². The molecule has 0 radical (unpaired) electrons. The Labute approximate surface area is 363 Å². The molecule has 1 aliphatic rings. The predicted molar refractivity (Wildman–Crippen MR) is 183 cm³/mol. The maximum Gasteiger partial charge on any atom is 1.00 e. The first-order valence-corrected chi connectivity index (χ1v) is 18.4. The van der Waals surface area contributed by atoms with Gasteiger partial charge >= 0.3 is 65.1 Å². The third-order valence-electron chi connectivity index (χ3n) is 8.12. The van der Waals surface area contributed by atoms with Crippen molar-refractivity contribution >= 4 is 31.6 Å². The summed E-state index contributed by atoms with van der Waals surface area (Å²) >= 11 is 1.25. The second-order valence-corrected chi connectivity index (χ2v) is 14.7. The van der Waals surface area contributed by atoms with E-state index in [2.05, 4.69) is 14.6 Å². The summed E-state index contributed by atoms with van der Waals surface area (Å²) < 4.78 is 79.3. The van der Waals surface area contributed by atoms with E-state index in [9.17, 15) is 27.9 Å². The molecule has 0 aliphatic carbocycles. The number of phosphoric acid groups is 1. The summed E-state index contributed by atoms with van der Waals surface area (Å²) in [6.45, 7) is 2.62. The van der Waals surface area contributed by atoms with Gasteiger partial charge in [0.05, 0.1) is 56.6 Å². The van der Waals surface area contributed by atoms with Crippen LogP contribution in [0.3, 0.4) is 0 Å². The molecule has 0 bridgehead atoms. The van der Waals surface area contributed by atoms with Gasteiger partial charge in [-0.1, -0.05) is 42.0 Å². The topological polar surface area (TPSA) is 172 Å². The Balaban J connectivity index is 0.00000406. The fourth-order valence-corrected chi connectivity index (χ4v) is 7.16. The van der Waals surface area contributed by atoms with Crippen LogP contribution in [0.15, 0.2) is 85.5 Å². The van der Waals surface area contributed by atoms with Crippen LogP contribution < -0.4 is 68.9 Å². The first-order chi connectivity index (χ1) is 25.3. The Hall–Kier alpha value is -2.59. The maximum atomic E-state index is 15.8. The fourth-order valence-electron chi connectivity index (χ4n) is 5.50. The van der Waals surface area contributed by atoms with Crippen LogP contribution >= 0.6 is 19.6 Å². The van der Waals surface area contributed by atoms with Gasteiger partial charge in [-0.05, 0) is 55.8 Å². The SMILES string of the molecule is Cc1ccc(COP(=O)([O-])[O-])c(C(=O)O[C@@](Cn2cncn2)(c2ccc(F)cc2F)[C@@H](C)SC2COC(C=CC=Cc3ccc(C#N)cc3F)OC2)c1.[Na+].[Na+]. The molecule has 0 amide bonds. The first-order valence-electron chi connectivity index (χ1n) is 16.0. The van der Waals surface area contributed by atoms with E-state index >= 15 is 4.39 Å². The van der Waals surface area contributed by atoms with Gasteiger partial charge in [0.25, 0.3) is 0 Å². The number of aromatic nitrogens is 3. The van der Waals surface area contributed by atoms with Crippen molar-refractivity contribution in [3.63, 3.8) is 0 Å². The van der Waals surface area contributed by atoms with Gasteiger partial charge in [-0.3, -0.25) is 0 Å². The minimum Gasteiger partial charge on any atom is -0.790 e. The fraction of sp³-hybridized carbons (Fsp3) is 0.278. The van der Waals surface area contributed by atoms with Crippen molar-refractivity contribution in [1.29, 1.82) is 5.26 Å². The Morgan fingerprint density at radius 2 is 1.85 bits per heavy atom. The zero-order valence-electron chi connectivity index (χ0n) is 30.3. The van der Waals surface area contributed by atoms with E-state index in [-0.39, 0.29) is 106 Å². The van der Waals surface area contributed by atoms with Crippen molar-refractivity contribution in [3.05, 3.63) is 136 Å². The normalized spacial score (nSPS) is 17.5. The molecule has 278 valence electrons. The van der Waals surface area contributed by atoms with Crippen molar-refractivity contribution in [2.75, 3.05) is 13.2 Å². The molecule has 3 aromatic carbocycles. The molecule has 1 saturated heterocycles. The summed E-state index contributed by atoms with van der Waals surface area (Å²) in [5, 5.41) is 11.9. The van der Waals surface area contributed by atoms with Gasteiger partial charge in [-0.15, -0.1) is 11.8 Å². The van der Waals surface area contributed by atoms with E-state index < -0.39 is 55.0 Å². The van der Waals surface area contributed by atoms with Crippen molar-refractivity contribution in [2.24, 2.45) is 0 Å². The second kappa shape index (κ2) is 21.2. The number of halogens is 3. The van der Waals surface area contributed by atoms with Gasteiger partial charge < -0.3 is 33.1 Å². The van der Waals surface area contributed by atoms with Crippen LogP contribution in [0.1, 0.15) is 45.1 Å². The Bertz CT molecular complexity index is 2080. The van der Waals surface area contributed by atoms with Gasteiger partial charge in [-0.25, -0.2) is 27.6 Å². The van der Waals surface area contributed by atoms with Crippen LogP contribution in [-0.2, 0) is 42.1 Å². The minimum atomic E-state index is -5.41. The molecule has 0 unspecified atom stereocenters.